The molecule has 25 heavy (non-hydrogen) atoms. The zero-order valence-electron chi connectivity index (χ0n) is 15.0. The summed E-state index contributed by atoms with van der Waals surface area (Å²) in [6, 6.07) is 7.02. The fourth-order valence-electron chi connectivity index (χ4n) is 3.16. The minimum atomic E-state index is -3.12. The number of hydrogen-bond acceptors (Lipinski definition) is 4. The first kappa shape index (κ1) is 19.4. The summed E-state index contributed by atoms with van der Waals surface area (Å²) in [7, 11) is -3.12. The standard InChI is InChI=1S/C18H26N2O4S/c1-4-13(3)15-8-6-7-9-16(15)19-17(21)18(22)20(5-2)14-10-11-25(23,24)12-14/h6-9,13-14H,4-5,10-12H2,1-3H3,(H,19,21). The van der Waals surface area contributed by atoms with E-state index < -0.39 is 27.7 Å². The number of benzene rings is 1. The number of likely N-dealkylation sites (N-methyl/N-ethyl adjacent to an activating group) is 1. The SMILES string of the molecule is CCC(C)c1ccccc1NC(=O)C(=O)N(CC)C1CCS(=O)(=O)C1. The Morgan fingerprint density at radius 1 is 1.28 bits per heavy atom. The van der Waals surface area contributed by atoms with E-state index in [0.29, 0.717) is 18.7 Å². The molecule has 6 nitrogen and oxygen atoms in total. The van der Waals surface area contributed by atoms with Crippen LogP contribution in [-0.2, 0) is 19.4 Å². The predicted molar refractivity (Wildman–Crippen MR) is 98.2 cm³/mol. The van der Waals surface area contributed by atoms with Crippen LogP contribution in [-0.4, -0.2) is 49.2 Å². The van der Waals surface area contributed by atoms with Crippen LogP contribution in [0.4, 0.5) is 5.69 Å². The van der Waals surface area contributed by atoms with Gasteiger partial charge in [0, 0.05) is 18.3 Å². The Kier molecular flexibility index (Phi) is 6.21. The van der Waals surface area contributed by atoms with E-state index in [1.165, 1.54) is 4.90 Å². The summed E-state index contributed by atoms with van der Waals surface area (Å²) in [6.07, 6.45) is 1.31. The summed E-state index contributed by atoms with van der Waals surface area (Å²) in [5.74, 6) is -1.14. The number of carbonyl (C=O) groups is 2. The molecule has 1 aliphatic heterocycles. The van der Waals surface area contributed by atoms with Crippen molar-refractivity contribution in [3.63, 3.8) is 0 Å². The summed E-state index contributed by atoms with van der Waals surface area (Å²) in [5, 5.41) is 2.70. The Morgan fingerprint density at radius 2 is 1.96 bits per heavy atom. The zero-order chi connectivity index (χ0) is 18.6. The highest BCUT2D eigenvalue weighted by atomic mass is 32.2. The Morgan fingerprint density at radius 3 is 2.52 bits per heavy atom. The first-order chi connectivity index (χ1) is 11.8. The largest absolute Gasteiger partial charge is 0.331 e. The summed E-state index contributed by atoms with van der Waals surface area (Å²) in [6.45, 7) is 6.19. The van der Waals surface area contributed by atoms with Crippen LogP contribution in [0.2, 0.25) is 0 Å². The molecule has 0 spiro atoms. The minimum absolute atomic E-state index is 0.0662. The van der Waals surface area contributed by atoms with Crippen molar-refractivity contribution < 1.29 is 18.0 Å². The van der Waals surface area contributed by atoms with Crippen molar-refractivity contribution in [1.29, 1.82) is 0 Å². The van der Waals surface area contributed by atoms with Gasteiger partial charge in [0.15, 0.2) is 9.84 Å². The average Bonchev–Trinajstić information content (AvgIpc) is 2.94. The van der Waals surface area contributed by atoms with Crippen molar-refractivity contribution in [2.24, 2.45) is 0 Å². The fourth-order valence-corrected chi connectivity index (χ4v) is 4.89. The van der Waals surface area contributed by atoms with Gasteiger partial charge in [-0.2, -0.15) is 0 Å². The molecule has 2 unspecified atom stereocenters. The van der Waals surface area contributed by atoms with E-state index in [9.17, 15) is 18.0 Å². The number of anilines is 1. The van der Waals surface area contributed by atoms with E-state index in [1.54, 1.807) is 13.0 Å². The predicted octanol–water partition coefficient (Wildman–Crippen LogP) is 2.17. The zero-order valence-corrected chi connectivity index (χ0v) is 15.8. The second kappa shape index (κ2) is 7.99. The van der Waals surface area contributed by atoms with E-state index in [2.05, 4.69) is 19.2 Å². The number of hydrogen-bond donors (Lipinski definition) is 1. The number of rotatable bonds is 5. The molecular formula is C18H26N2O4S. The molecule has 7 heteroatoms. The van der Waals surface area contributed by atoms with Crippen LogP contribution in [0.25, 0.3) is 0 Å². The van der Waals surface area contributed by atoms with Crippen molar-refractivity contribution >= 4 is 27.3 Å². The Balaban J connectivity index is 2.13. The number of nitrogens with zero attached hydrogens (tertiary/aromatic N) is 1. The molecular weight excluding hydrogens is 340 g/mol. The first-order valence-corrected chi connectivity index (χ1v) is 10.5. The van der Waals surface area contributed by atoms with Crippen LogP contribution in [0.5, 0.6) is 0 Å². The van der Waals surface area contributed by atoms with Crippen LogP contribution >= 0.6 is 0 Å². The van der Waals surface area contributed by atoms with E-state index in [4.69, 9.17) is 0 Å². The maximum Gasteiger partial charge on any atom is 0.313 e. The van der Waals surface area contributed by atoms with Gasteiger partial charge in [-0.05, 0) is 37.3 Å². The Hall–Kier alpha value is -1.89. The van der Waals surface area contributed by atoms with Crippen LogP contribution in [0.1, 0.15) is 45.1 Å². The summed E-state index contributed by atoms with van der Waals surface area (Å²) in [4.78, 5) is 26.4. The van der Waals surface area contributed by atoms with Gasteiger partial charge in [0.25, 0.3) is 0 Å². The molecule has 1 aromatic rings. The molecule has 2 rings (SSSR count). The molecule has 1 aromatic carbocycles. The third kappa shape index (κ3) is 4.60. The topological polar surface area (TPSA) is 83.6 Å². The normalized spacial score (nSPS) is 20.0. The highest BCUT2D eigenvalue weighted by molar-refractivity contribution is 7.91. The Bertz CT molecular complexity index is 745. The van der Waals surface area contributed by atoms with Gasteiger partial charge in [0.05, 0.1) is 11.5 Å². The maximum absolute atomic E-state index is 12.5. The lowest BCUT2D eigenvalue weighted by atomic mass is 9.97. The number of nitrogens with one attached hydrogen (secondary N) is 1. The third-order valence-corrected chi connectivity index (χ3v) is 6.55. The summed E-state index contributed by atoms with van der Waals surface area (Å²) < 4.78 is 23.3. The highest BCUT2D eigenvalue weighted by Gasteiger charge is 2.36. The van der Waals surface area contributed by atoms with Gasteiger partial charge in [-0.3, -0.25) is 9.59 Å². The van der Waals surface area contributed by atoms with Crippen LogP contribution in [0.3, 0.4) is 0 Å². The van der Waals surface area contributed by atoms with E-state index in [0.717, 1.165) is 12.0 Å². The van der Waals surface area contributed by atoms with Crippen molar-refractivity contribution in [2.45, 2.75) is 45.6 Å². The number of carbonyl (C=O) groups excluding carboxylic acids is 2. The van der Waals surface area contributed by atoms with Crippen molar-refractivity contribution in [3.05, 3.63) is 29.8 Å². The van der Waals surface area contributed by atoms with Crippen molar-refractivity contribution in [3.8, 4) is 0 Å². The summed E-state index contributed by atoms with van der Waals surface area (Å²) in [5.41, 5.74) is 1.61. The van der Waals surface area contributed by atoms with Crippen LogP contribution in [0.15, 0.2) is 24.3 Å². The van der Waals surface area contributed by atoms with Crippen molar-refractivity contribution in [2.75, 3.05) is 23.4 Å². The monoisotopic (exact) mass is 366 g/mol. The van der Waals surface area contributed by atoms with Gasteiger partial charge in [0.1, 0.15) is 0 Å². The molecule has 2 atom stereocenters. The molecule has 0 bridgehead atoms. The van der Waals surface area contributed by atoms with Gasteiger partial charge in [-0.25, -0.2) is 8.42 Å². The lowest BCUT2D eigenvalue weighted by Crippen LogP contribution is -2.46. The van der Waals surface area contributed by atoms with Gasteiger partial charge < -0.3 is 10.2 Å². The summed E-state index contributed by atoms with van der Waals surface area (Å²) >= 11 is 0. The average molecular weight is 366 g/mol. The minimum Gasteiger partial charge on any atom is -0.331 e. The van der Waals surface area contributed by atoms with Gasteiger partial charge in [-0.1, -0.05) is 32.0 Å². The Labute approximate surface area is 149 Å². The molecule has 0 saturated carbocycles. The van der Waals surface area contributed by atoms with Crippen LogP contribution < -0.4 is 5.32 Å². The molecule has 0 aliphatic carbocycles. The van der Waals surface area contributed by atoms with Gasteiger partial charge in [-0.15, -0.1) is 0 Å². The van der Waals surface area contributed by atoms with Crippen LogP contribution in [0, 0.1) is 0 Å². The lowest BCUT2D eigenvalue weighted by molar-refractivity contribution is -0.144. The lowest BCUT2D eigenvalue weighted by Gasteiger charge is -2.26. The number of sulfone groups is 1. The van der Waals surface area contributed by atoms with E-state index in [-0.39, 0.29) is 17.4 Å². The third-order valence-electron chi connectivity index (χ3n) is 4.80. The smallest absolute Gasteiger partial charge is 0.313 e. The molecule has 1 N–H and O–H groups in total. The number of para-hydroxylation sites is 1. The quantitative estimate of drug-likeness (QED) is 0.810. The molecule has 0 radical (unpaired) electrons. The molecule has 1 heterocycles. The van der Waals surface area contributed by atoms with Crippen molar-refractivity contribution in [1.82, 2.24) is 4.90 Å². The van der Waals surface area contributed by atoms with E-state index >= 15 is 0 Å². The highest BCUT2D eigenvalue weighted by Crippen LogP contribution is 2.26. The first-order valence-electron chi connectivity index (χ1n) is 8.70. The fraction of sp³-hybridized carbons (Fsp3) is 0.556. The maximum atomic E-state index is 12.5. The molecule has 2 amide bonds. The molecule has 1 aliphatic rings. The molecule has 1 fully saturated rings. The number of amides is 2. The molecule has 0 aromatic heterocycles. The second-order valence-electron chi connectivity index (χ2n) is 6.50. The molecule has 138 valence electrons. The van der Waals surface area contributed by atoms with Gasteiger partial charge in [0.2, 0.25) is 0 Å². The molecule has 1 saturated heterocycles. The van der Waals surface area contributed by atoms with E-state index in [1.807, 2.05) is 18.2 Å². The van der Waals surface area contributed by atoms with Gasteiger partial charge >= 0.3 is 11.8 Å². The second-order valence-corrected chi connectivity index (χ2v) is 8.73.